The molecule has 1 aliphatic heterocycles. The van der Waals surface area contributed by atoms with Gasteiger partial charge in [-0.2, -0.15) is 10.2 Å². The number of anilines is 1. The summed E-state index contributed by atoms with van der Waals surface area (Å²) < 4.78 is 1.68. The number of hydrogen-bond acceptors (Lipinski definition) is 4. The van der Waals surface area contributed by atoms with Gasteiger partial charge in [-0.3, -0.25) is 15.1 Å². The number of rotatable bonds is 3. The van der Waals surface area contributed by atoms with Gasteiger partial charge in [-0.05, 0) is 19.8 Å². The molecule has 4 rings (SSSR count). The summed E-state index contributed by atoms with van der Waals surface area (Å²) in [6.07, 6.45) is 3.47. The maximum absolute atomic E-state index is 12.5. The minimum absolute atomic E-state index is 0.0808. The van der Waals surface area contributed by atoms with Gasteiger partial charge in [0, 0.05) is 37.2 Å². The quantitative estimate of drug-likeness (QED) is 0.746. The zero-order valence-corrected chi connectivity index (χ0v) is 15.5. The largest absolute Gasteiger partial charge is 0.324 e. The Morgan fingerprint density at radius 1 is 1.22 bits per heavy atom. The van der Waals surface area contributed by atoms with E-state index in [1.165, 1.54) is 0 Å². The van der Waals surface area contributed by atoms with Crippen molar-refractivity contribution >= 4 is 11.8 Å². The SMILES string of the molecule is Cc1cnn(C)c1NC(=O)N1CCC(c2nc(-c3ccccc3)n[nH]2)CC1. The average Bonchev–Trinajstić information content (AvgIpc) is 3.31. The molecule has 0 saturated carbocycles. The first-order valence-electron chi connectivity index (χ1n) is 9.14. The number of piperidine rings is 1. The highest BCUT2D eigenvalue weighted by Gasteiger charge is 2.26. The first kappa shape index (κ1) is 17.3. The highest BCUT2D eigenvalue weighted by molar-refractivity contribution is 5.89. The highest BCUT2D eigenvalue weighted by atomic mass is 16.2. The second kappa shape index (κ2) is 7.22. The minimum atomic E-state index is -0.0808. The Balaban J connectivity index is 1.36. The number of aromatic amines is 1. The van der Waals surface area contributed by atoms with E-state index in [2.05, 4.69) is 25.6 Å². The fourth-order valence-electron chi connectivity index (χ4n) is 3.44. The van der Waals surface area contributed by atoms with Gasteiger partial charge in [0.2, 0.25) is 0 Å². The topological polar surface area (TPSA) is 91.7 Å². The van der Waals surface area contributed by atoms with Crippen LogP contribution in [0, 0.1) is 6.92 Å². The third kappa shape index (κ3) is 3.55. The molecule has 0 aliphatic carbocycles. The van der Waals surface area contributed by atoms with Gasteiger partial charge in [-0.25, -0.2) is 9.78 Å². The third-order valence-corrected chi connectivity index (χ3v) is 5.05. The number of nitrogens with one attached hydrogen (secondary N) is 2. The predicted octanol–water partition coefficient (Wildman–Crippen LogP) is 2.93. The zero-order chi connectivity index (χ0) is 18.8. The van der Waals surface area contributed by atoms with E-state index < -0.39 is 0 Å². The maximum atomic E-state index is 12.5. The second-order valence-corrected chi connectivity index (χ2v) is 6.90. The van der Waals surface area contributed by atoms with Crippen molar-refractivity contribution in [2.45, 2.75) is 25.7 Å². The molecule has 1 fully saturated rings. The van der Waals surface area contributed by atoms with Crippen molar-refractivity contribution in [1.82, 2.24) is 29.9 Å². The number of urea groups is 1. The Hall–Kier alpha value is -3.16. The molecule has 0 atom stereocenters. The van der Waals surface area contributed by atoms with Crippen molar-refractivity contribution < 1.29 is 4.79 Å². The van der Waals surface area contributed by atoms with Gasteiger partial charge < -0.3 is 4.90 Å². The number of H-pyrrole nitrogens is 1. The van der Waals surface area contributed by atoms with E-state index in [0.29, 0.717) is 13.1 Å². The number of carbonyl (C=O) groups is 1. The number of carbonyl (C=O) groups excluding carboxylic acids is 1. The standard InChI is InChI=1S/C19H23N7O/c1-13-12-20-25(2)18(13)22-19(27)26-10-8-15(9-11-26)17-21-16(23-24-17)14-6-4-3-5-7-14/h3-7,12,15H,8-11H2,1-2H3,(H,22,27)(H,21,23,24). The molecule has 8 heteroatoms. The van der Waals surface area contributed by atoms with Crippen molar-refractivity contribution in [3.8, 4) is 11.4 Å². The van der Waals surface area contributed by atoms with Crippen molar-refractivity contribution in [2.75, 3.05) is 18.4 Å². The lowest BCUT2D eigenvalue weighted by Crippen LogP contribution is -2.41. The number of aryl methyl sites for hydroxylation is 2. The van der Waals surface area contributed by atoms with E-state index in [9.17, 15) is 4.79 Å². The van der Waals surface area contributed by atoms with Gasteiger partial charge in [-0.15, -0.1) is 0 Å². The molecule has 1 aromatic carbocycles. The molecule has 27 heavy (non-hydrogen) atoms. The number of aromatic nitrogens is 5. The lowest BCUT2D eigenvalue weighted by molar-refractivity contribution is 0.193. The van der Waals surface area contributed by atoms with Crippen LogP contribution in [0.25, 0.3) is 11.4 Å². The van der Waals surface area contributed by atoms with Crippen LogP contribution in [0.4, 0.5) is 10.6 Å². The van der Waals surface area contributed by atoms with Crippen LogP contribution in [-0.2, 0) is 7.05 Å². The van der Waals surface area contributed by atoms with Crippen LogP contribution in [-0.4, -0.2) is 49.0 Å². The van der Waals surface area contributed by atoms with Crippen LogP contribution in [0.15, 0.2) is 36.5 Å². The van der Waals surface area contributed by atoms with E-state index >= 15 is 0 Å². The Morgan fingerprint density at radius 2 is 1.96 bits per heavy atom. The molecule has 0 bridgehead atoms. The maximum Gasteiger partial charge on any atom is 0.323 e. The molecule has 3 heterocycles. The van der Waals surface area contributed by atoms with E-state index in [1.807, 2.05) is 49.2 Å². The predicted molar refractivity (Wildman–Crippen MR) is 102 cm³/mol. The van der Waals surface area contributed by atoms with Crippen LogP contribution in [0.2, 0.25) is 0 Å². The van der Waals surface area contributed by atoms with Gasteiger partial charge in [0.1, 0.15) is 11.6 Å². The lowest BCUT2D eigenvalue weighted by Gasteiger charge is -2.31. The van der Waals surface area contributed by atoms with Crippen LogP contribution in [0.3, 0.4) is 0 Å². The van der Waals surface area contributed by atoms with Crippen molar-refractivity contribution in [1.29, 1.82) is 0 Å². The molecule has 1 saturated heterocycles. The van der Waals surface area contributed by atoms with Gasteiger partial charge in [0.15, 0.2) is 5.82 Å². The molecule has 0 unspecified atom stereocenters. The number of nitrogens with zero attached hydrogens (tertiary/aromatic N) is 5. The molecule has 0 spiro atoms. The number of likely N-dealkylation sites (tertiary alicyclic amines) is 1. The smallest absolute Gasteiger partial charge is 0.323 e. The molecule has 1 aliphatic rings. The third-order valence-electron chi connectivity index (χ3n) is 5.05. The first-order chi connectivity index (χ1) is 13.1. The molecule has 2 amide bonds. The summed E-state index contributed by atoms with van der Waals surface area (Å²) >= 11 is 0. The number of amides is 2. The van der Waals surface area contributed by atoms with E-state index in [4.69, 9.17) is 0 Å². The Kier molecular flexibility index (Phi) is 4.62. The molecule has 3 aromatic rings. The van der Waals surface area contributed by atoms with Gasteiger partial charge >= 0.3 is 6.03 Å². The Labute approximate surface area is 157 Å². The molecular formula is C19H23N7O. The molecular weight excluding hydrogens is 342 g/mol. The fraction of sp³-hybridized carbons (Fsp3) is 0.368. The number of hydrogen-bond donors (Lipinski definition) is 2. The van der Waals surface area contributed by atoms with Crippen molar-refractivity contribution in [3.63, 3.8) is 0 Å². The summed E-state index contributed by atoms with van der Waals surface area (Å²) in [6.45, 7) is 3.31. The van der Waals surface area contributed by atoms with E-state index in [-0.39, 0.29) is 11.9 Å². The first-order valence-corrected chi connectivity index (χ1v) is 9.14. The molecule has 8 nitrogen and oxygen atoms in total. The van der Waals surface area contributed by atoms with Crippen LogP contribution < -0.4 is 5.32 Å². The summed E-state index contributed by atoms with van der Waals surface area (Å²) in [6, 6.07) is 9.85. The summed E-state index contributed by atoms with van der Waals surface area (Å²) in [5, 5.41) is 14.5. The lowest BCUT2D eigenvalue weighted by atomic mass is 9.96. The Morgan fingerprint density at radius 3 is 2.63 bits per heavy atom. The summed E-state index contributed by atoms with van der Waals surface area (Å²) in [5.41, 5.74) is 1.96. The molecule has 0 radical (unpaired) electrons. The van der Waals surface area contributed by atoms with Crippen LogP contribution in [0.1, 0.15) is 30.1 Å². The van der Waals surface area contributed by atoms with Crippen molar-refractivity contribution in [3.05, 3.63) is 47.9 Å². The minimum Gasteiger partial charge on any atom is -0.324 e. The van der Waals surface area contributed by atoms with E-state index in [1.54, 1.807) is 10.9 Å². The summed E-state index contributed by atoms with van der Waals surface area (Å²) in [5.74, 6) is 2.65. The van der Waals surface area contributed by atoms with E-state index in [0.717, 1.165) is 41.4 Å². The summed E-state index contributed by atoms with van der Waals surface area (Å²) in [7, 11) is 1.82. The van der Waals surface area contributed by atoms with Gasteiger partial charge in [0.05, 0.1) is 6.20 Å². The highest BCUT2D eigenvalue weighted by Crippen LogP contribution is 2.27. The molecule has 2 aromatic heterocycles. The van der Waals surface area contributed by atoms with Crippen molar-refractivity contribution in [2.24, 2.45) is 7.05 Å². The average molecular weight is 365 g/mol. The normalized spacial score (nSPS) is 15.1. The van der Waals surface area contributed by atoms with Crippen LogP contribution in [0.5, 0.6) is 0 Å². The van der Waals surface area contributed by atoms with Crippen LogP contribution >= 0.6 is 0 Å². The fourth-order valence-corrected chi connectivity index (χ4v) is 3.44. The number of benzene rings is 1. The second-order valence-electron chi connectivity index (χ2n) is 6.90. The summed E-state index contributed by atoms with van der Waals surface area (Å²) in [4.78, 5) is 19.0. The molecule has 2 N–H and O–H groups in total. The van der Waals surface area contributed by atoms with Gasteiger partial charge in [0.25, 0.3) is 0 Å². The Bertz CT molecular complexity index is 903. The monoisotopic (exact) mass is 365 g/mol. The zero-order valence-electron chi connectivity index (χ0n) is 15.5. The van der Waals surface area contributed by atoms with Gasteiger partial charge in [-0.1, -0.05) is 30.3 Å². The molecule has 140 valence electrons.